The van der Waals surface area contributed by atoms with Gasteiger partial charge in [0.1, 0.15) is 0 Å². The Labute approximate surface area is 131 Å². The fourth-order valence-corrected chi connectivity index (χ4v) is 2.52. The monoisotopic (exact) mass is 319 g/mol. The molecule has 0 amide bonds. The summed E-state index contributed by atoms with van der Waals surface area (Å²) in [6.45, 7) is 2.78. The largest absolute Gasteiger partial charge is 0.416 e. The van der Waals surface area contributed by atoms with E-state index < -0.39 is 11.7 Å². The normalized spacial score (nSPS) is 11.8. The van der Waals surface area contributed by atoms with E-state index in [1.807, 2.05) is 35.8 Å². The number of hydrogen-bond donors (Lipinski definition) is 1. The molecule has 0 fully saturated rings. The van der Waals surface area contributed by atoms with Crippen LogP contribution in [0.25, 0.3) is 11.0 Å². The number of halogens is 3. The van der Waals surface area contributed by atoms with Crippen molar-refractivity contribution in [3.8, 4) is 0 Å². The molecule has 120 valence electrons. The van der Waals surface area contributed by atoms with Gasteiger partial charge in [-0.25, -0.2) is 4.98 Å². The number of aromatic nitrogens is 2. The molecule has 2 aromatic carbocycles. The number of alkyl halides is 3. The van der Waals surface area contributed by atoms with Gasteiger partial charge in [-0.05, 0) is 36.8 Å². The van der Waals surface area contributed by atoms with Crippen LogP contribution in [0, 0.1) is 0 Å². The molecule has 3 aromatic rings. The maximum atomic E-state index is 12.8. The average Bonchev–Trinajstić information content (AvgIpc) is 2.85. The number of fused-ring (bicyclic) bond motifs is 1. The molecule has 0 spiro atoms. The van der Waals surface area contributed by atoms with Crippen LogP contribution in [-0.4, -0.2) is 9.55 Å². The molecule has 0 saturated heterocycles. The second kappa shape index (κ2) is 5.95. The van der Waals surface area contributed by atoms with Crippen molar-refractivity contribution >= 4 is 22.7 Å². The molecule has 1 aromatic heterocycles. The summed E-state index contributed by atoms with van der Waals surface area (Å²) in [4.78, 5) is 4.49. The first-order valence-corrected chi connectivity index (χ1v) is 7.38. The lowest BCUT2D eigenvalue weighted by Gasteiger charge is -2.12. The van der Waals surface area contributed by atoms with Crippen molar-refractivity contribution in [2.75, 3.05) is 5.32 Å². The summed E-state index contributed by atoms with van der Waals surface area (Å²) in [5.41, 5.74) is 1.47. The van der Waals surface area contributed by atoms with Gasteiger partial charge in [-0.1, -0.05) is 25.1 Å². The van der Waals surface area contributed by atoms with E-state index in [2.05, 4.69) is 10.3 Å². The van der Waals surface area contributed by atoms with Crippen molar-refractivity contribution in [2.24, 2.45) is 0 Å². The number of anilines is 2. The summed E-state index contributed by atoms with van der Waals surface area (Å²) >= 11 is 0. The van der Waals surface area contributed by atoms with Crippen molar-refractivity contribution < 1.29 is 13.2 Å². The Morgan fingerprint density at radius 1 is 1.09 bits per heavy atom. The minimum absolute atomic E-state index is 0.368. The number of imidazole rings is 1. The Balaban J connectivity index is 2.00. The van der Waals surface area contributed by atoms with Gasteiger partial charge in [0, 0.05) is 12.2 Å². The van der Waals surface area contributed by atoms with Gasteiger partial charge in [0.05, 0.1) is 16.6 Å². The Morgan fingerprint density at radius 3 is 2.61 bits per heavy atom. The zero-order chi connectivity index (χ0) is 16.4. The molecule has 0 atom stereocenters. The summed E-state index contributed by atoms with van der Waals surface area (Å²) in [5, 5.41) is 3.01. The molecule has 1 N–H and O–H groups in total. The van der Waals surface area contributed by atoms with E-state index in [9.17, 15) is 13.2 Å². The molecule has 3 rings (SSSR count). The standard InChI is InChI=1S/C17H16F3N3/c1-2-10-23-15-9-4-3-8-14(15)22-16(23)21-13-7-5-6-12(11-13)17(18,19)20/h3-9,11H,2,10H2,1H3,(H,21,22). The molecule has 0 saturated carbocycles. The molecule has 3 nitrogen and oxygen atoms in total. The van der Waals surface area contributed by atoms with Crippen molar-refractivity contribution in [1.82, 2.24) is 9.55 Å². The van der Waals surface area contributed by atoms with E-state index in [4.69, 9.17) is 0 Å². The van der Waals surface area contributed by atoms with Gasteiger partial charge in [0.15, 0.2) is 0 Å². The first-order valence-electron chi connectivity index (χ1n) is 7.38. The van der Waals surface area contributed by atoms with Gasteiger partial charge in [-0.2, -0.15) is 13.2 Å². The summed E-state index contributed by atoms with van der Waals surface area (Å²) in [6, 6.07) is 12.8. The number of para-hydroxylation sites is 2. The Kier molecular flexibility index (Phi) is 3.98. The zero-order valence-electron chi connectivity index (χ0n) is 12.6. The molecule has 0 radical (unpaired) electrons. The summed E-state index contributed by atoms with van der Waals surface area (Å²) < 4.78 is 40.5. The second-order valence-corrected chi connectivity index (χ2v) is 5.28. The molecule has 0 aliphatic carbocycles. The minimum Gasteiger partial charge on any atom is -0.326 e. The lowest BCUT2D eigenvalue weighted by atomic mass is 10.2. The number of benzene rings is 2. The van der Waals surface area contributed by atoms with Crippen LogP contribution in [0.2, 0.25) is 0 Å². The van der Waals surface area contributed by atoms with Gasteiger partial charge in [0.25, 0.3) is 0 Å². The lowest BCUT2D eigenvalue weighted by Crippen LogP contribution is -2.07. The minimum atomic E-state index is -4.36. The van der Waals surface area contributed by atoms with Gasteiger partial charge in [0.2, 0.25) is 5.95 Å². The fourth-order valence-electron chi connectivity index (χ4n) is 2.52. The summed E-state index contributed by atoms with van der Waals surface area (Å²) in [7, 11) is 0. The highest BCUT2D eigenvalue weighted by atomic mass is 19.4. The van der Waals surface area contributed by atoms with Crippen molar-refractivity contribution in [2.45, 2.75) is 26.1 Å². The van der Waals surface area contributed by atoms with E-state index >= 15 is 0 Å². The summed E-state index contributed by atoms with van der Waals surface area (Å²) in [5.74, 6) is 0.548. The molecule has 0 aliphatic rings. The number of hydrogen-bond acceptors (Lipinski definition) is 2. The maximum absolute atomic E-state index is 12.8. The van der Waals surface area contributed by atoms with Crippen LogP contribution >= 0.6 is 0 Å². The number of nitrogens with one attached hydrogen (secondary N) is 1. The lowest BCUT2D eigenvalue weighted by molar-refractivity contribution is -0.137. The van der Waals surface area contributed by atoms with Gasteiger partial charge >= 0.3 is 6.18 Å². The van der Waals surface area contributed by atoms with Crippen LogP contribution in [0.15, 0.2) is 48.5 Å². The highest BCUT2D eigenvalue weighted by molar-refractivity contribution is 5.79. The number of nitrogens with zero attached hydrogens (tertiary/aromatic N) is 2. The molecular weight excluding hydrogens is 303 g/mol. The van der Waals surface area contributed by atoms with E-state index in [1.54, 1.807) is 6.07 Å². The molecular formula is C17H16F3N3. The molecule has 6 heteroatoms. The Bertz CT molecular complexity index is 821. The SMILES string of the molecule is CCCn1c(Nc2cccc(C(F)(F)F)c2)nc2ccccc21. The fraction of sp³-hybridized carbons (Fsp3) is 0.235. The average molecular weight is 319 g/mol. The second-order valence-electron chi connectivity index (χ2n) is 5.28. The zero-order valence-corrected chi connectivity index (χ0v) is 12.6. The highest BCUT2D eigenvalue weighted by Gasteiger charge is 2.30. The van der Waals surface area contributed by atoms with Crippen LogP contribution in [0.4, 0.5) is 24.8 Å². The van der Waals surface area contributed by atoms with Crippen molar-refractivity contribution in [3.63, 3.8) is 0 Å². The Hall–Kier alpha value is -2.50. The molecule has 1 heterocycles. The van der Waals surface area contributed by atoms with Crippen molar-refractivity contribution in [1.29, 1.82) is 0 Å². The van der Waals surface area contributed by atoms with Gasteiger partial charge < -0.3 is 9.88 Å². The molecule has 0 bridgehead atoms. The van der Waals surface area contributed by atoms with E-state index in [0.717, 1.165) is 36.1 Å². The maximum Gasteiger partial charge on any atom is 0.416 e. The van der Waals surface area contributed by atoms with Crippen LogP contribution in [0.1, 0.15) is 18.9 Å². The van der Waals surface area contributed by atoms with Gasteiger partial charge in [-0.3, -0.25) is 0 Å². The van der Waals surface area contributed by atoms with Crippen LogP contribution in [0.5, 0.6) is 0 Å². The molecule has 0 aliphatic heterocycles. The number of aryl methyl sites for hydroxylation is 1. The third-order valence-electron chi connectivity index (χ3n) is 3.55. The van der Waals surface area contributed by atoms with Crippen molar-refractivity contribution in [3.05, 3.63) is 54.1 Å². The predicted molar refractivity (Wildman–Crippen MR) is 84.8 cm³/mol. The first-order chi connectivity index (χ1) is 11.0. The third-order valence-corrected chi connectivity index (χ3v) is 3.55. The quantitative estimate of drug-likeness (QED) is 0.715. The summed E-state index contributed by atoms with van der Waals surface area (Å²) in [6.07, 6.45) is -3.46. The van der Waals surface area contributed by atoms with Gasteiger partial charge in [-0.15, -0.1) is 0 Å². The smallest absolute Gasteiger partial charge is 0.326 e. The Morgan fingerprint density at radius 2 is 1.87 bits per heavy atom. The third kappa shape index (κ3) is 3.16. The predicted octanol–water partition coefficient (Wildman–Crippen LogP) is 5.21. The number of rotatable bonds is 4. The molecule has 23 heavy (non-hydrogen) atoms. The molecule has 0 unspecified atom stereocenters. The van der Waals surface area contributed by atoms with E-state index in [0.29, 0.717) is 11.6 Å². The van der Waals surface area contributed by atoms with Crippen LogP contribution < -0.4 is 5.32 Å². The van der Waals surface area contributed by atoms with Crippen LogP contribution in [0.3, 0.4) is 0 Å². The van der Waals surface area contributed by atoms with Crippen LogP contribution in [-0.2, 0) is 12.7 Å². The van der Waals surface area contributed by atoms with E-state index in [1.165, 1.54) is 6.07 Å². The first kappa shape index (κ1) is 15.4. The van der Waals surface area contributed by atoms with E-state index in [-0.39, 0.29) is 0 Å². The topological polar surface area (TPSA) is 29.9 Å². The highest BCUT2D eigenvalue weighted by Crippen LogP contribution is 2.31.